The van der Waals surface area contributed by atoms with Gasteiger partial charge in [-0.1, -0.05) is 54.6 Å². The fourth-order valence-corrected chi connectivity index (χ4v) is 3.74. The van der Waals surface area contributed by atoms with Crippen molar-refractivity contribution >= 4 is 12.0 Å². The first-order valence-corrected chi connectivity index (χ1v) is 9.57. The van der Waals surface area contributed by atoms with E-state index in [-0.39, 0.29) is 19.0 Å². The van der Waals surface area contributed by atoms with Gasteiger partial charge in [0.15, 0.2) is 0 Å². The van der Waals surface area contributed by atoms with E-state index < -0.39 is 17.6 Å². The molecule has 148 valence electrons. The highest BCUT2D eigenvalue weighted by Gasteiger charge is 2.36. The molecule has 0 saturated carbocycles. The molecule has 0 fully saturated rings. The molecule has 28 heavy (non-hydrogen) atoms. The summed E-state index contributed by atoms with van der Waals surface area (Å²) in [5.41, 5.74) is 1.93. The minimum atomic E-state index is -1.07. The van der Waals surface area contributed by atoms with Gasteiger partial charge < -0.3 is 20.8 Å². The van der Waals surface area contributed by atoms with Crippen molar-refractivity contribution in [2.24, 2.45) is 0 Å². The van der Waals surface area contributed by atoms with Crippen LogP contribution >= 0.6 is 0 Å². The number of carbonyl (C=O) groups is 2. The van der Waals surface area contributed by atoms with E-state index in [0.717, 1.165) is 23.1 Å². The third kappa shape index (κ3) is 5.10. The number of amides is 2. The van der Waals surface area contributed by atoms with Crippen molar-refractivity contribution in [3.63, 3.8) is 0 Å². The molecular weight excluding hydrogens is 356 g/mol. The lowest BCUT2D eigenvalue weighted by atomic mass is 9.96. The zero-order valence-electron chi connectivity index (χ0n) is 15.7. The lowest BCUT2D eigenvalue weighted by molar-refractivity contribution is -0.137. The quantitative estimate of drug-likeness (QED) is 0.564. The van der Waals surface area contributed by atoms with E-state index in [1.807, 2.05) is 54.6 Å². The second-order valence-corrected chi connectivity index (χ2v) is 7.33. The smallest absolute Gasteiger partial charge is 0.315 e. The van der Waals surface area contributed by atoms with E-state index in [2.05, 4.69) is 10.6 Å². The molecule has 0 bridgehead atoms. The summed E-state index contributed by atoms with van der Waals surface area (Å²) in [6, 6.07) is 16.7. The third-order valence-corrected chi connectivity index (χ3v) is 5.23. The average Bonchev–Trinajstić information content (AvgIpc) is 3.03. The highest BCUT2D eigenvalue weighted by Crippen LogP contribution is 2.36. The van der Waals surface area contributed by atoms with Crippen LogP contribution in [0, 0.1) is 0 Å². The Morgan fingerprint density at radius 3 is 2.54 bits per heavy atom. The Morgan fingerprint density at radius 2 is 1.79 bits per heavy atom. The minimum Gasteiger partial charge on any atom is -0.481 e. The summed E-state index contributed by atoms with van der Waals surface area (Å²) in [7, 11) is 0. The first kappa shape index (κ1) is 19.9. The maximum Gasteiger partial charge on any atom is 0.315 e. The Balaban J connectivity index is 1.58. The first-order chi connectivity index (χ1) is 13.5. The van der Waals surface area contributed by atoms with Crippen LogP contribution in [-0.4, -0.2) is 34.8 Å². The highest BCUT2D eigenvalue weighted by molar-refractivity contribution is 5.74. The van der Waals surface area contributed by atoms with Crippen LogP contribution in [0.2, 0.25) is 0 Å². The number of aliphatic carboxylic acids is 1. The van der Waals surface area contributed by atoms with Gasteiger partial charge in [0, 0.05) is 12.5 Å². The lowest BCUT2D eigenvalue weighted by Crippen LogP contribution is -2.47. The minimum absolute atomic E-state index is 0.0188. The van der Waals surface area contributed by atoms with E-state index in [1.165, 1.54) is 0 Å². The van der Waals surface area contributed by atoms with Crippen molar-refractivity contribution in [2.45, 2.75) is 43.7 Å². The highest BCUT2D eigenvalue weighted by atomic mass is 16.4. The summed E-state index contributed by atoms with van der Waals surface area (Å²) in [5.74, 6) is -0.892. The molecule has 2 unspecified atom stereocenters. The van der Waals surface area contributed by atoms with Gasteiger partial charge in [-0.25, -0.2) is 4.79 Å². The van der Waals surface area contributed by atoms with Crippen molar-refractivity contribution in [1.82, 2.24) is 10.6 Å². The van der Waals surface area contributed by atoms with Gasteiger partial charge in [0.25, 0.3) is 0 Å². The number of urea groups is 1. The Kier molecular flexibility index (Phi) is 6.31. The van der Waals surface area contributed by atoms with E-state index in [1.54, 1.807) is 0 Å². The largest absolute Gasteiger partial charge is 0.481 e. The predicted molar refractivity (Wildman–Crippen MR) is 106 cm³/mol. The Morgan fingerprint density at radius 1 is 1.07 bits per heavy atom. The fraction of sp³-hybridized carbons (Fsp3) is 0.364. The number of hydrogen-bond donors (Lipinski definition) is 4. The maximum absolute atomic E-state index is 12.4. The maximum atomic E-state index is 12.4. The predicted octanol–water partition coefficient (Wildman–Crippen LogP) is 2.60. The van der Waals surface area contributed by atoms with Crippen LogP contribution in [0.15, 0.2) is 54.6 Å². The molecule has 2 atom stereocenters. The number of carbonyl (C=O) groups excluding carboxylic acids is 1. The second-order valence-electron chi connectivity index (χ2n) is 7.33. The van der Waals surface area contributed by atoms with Crippen LogP contribution in [0.3, 0.4) is 0 Å². The lowest BCUT2D eigenvalue weighted by Gasteiger charge is -2.25. The summed E-state index contributed by atoms with van der Waals surface area (Å²) in [5, 5.41) is 25.5. The Hall–Kier alpha value is -2.86. The van der Waals surface area contributed by atoms with Crippen LogP contribution in [0.4, 0.5) is 4.79 Å². The first-order valence-electron chi connectivity index (χ1n) is 9.57. The topological polar surface area (TPSA) is 98.7 Å². The van der Waals surface area contributed by atoms with Crippen LogP contribution < -0.4 is 10.6 Å². The van der Waals surface area contributed by atoms with Crippen LogP contribution in [0.25, 0.3) is 0 Å². The molecule has 2 aromatic rings. The second kappa shape index (κ2) is 8.89. The van der Waals surface area contributed by atoms with E-state index in [4.69, 9.17) is 5.11 Å². The van der Waals surface area contributed by atoms with Crippen molar-refractivity contribution in [1.29, 1.82) is 0 Å². The normalized spacial score (nSPS) is 18.9. The monoisotopic (exact) mass is 382 g/mol. The molecule has 3 rings (SSSR count). The van der Waals surface area contributed by atoms with Gasteiger partial charge in [0.1, 0.15) is 5.60 Å². The standard InChI is InChI=1S/C22H26N2O4/c25-20(26)11-10-18(14-16-6-2-1-3-7-16)24-21(27)23-15-22(28)13-12-17-8-4-5-9-19(17)22/h1-9,18,28H,10-15H2,(H,25,26)(H2,23,24,27). The fourth-order valence-electron chi connectivity index (χ4n) is 3.74. The van der Waals surface area contributed by atoms with Crippen molar-refractivity contribution in [2.75, 3.05) is 6.54 Å². The Labute approximate surface area is 164 Å². The molecule has 1 aliphatic carbocycles. The third-order valence-electron chi connectivity index (χ3n) is 5.23. The van der Waals surface area contributed by atoms with Gasteiger partial charge >= 0.3 is 12.0 Å². The molecular formula is C22H26N2O4. The van der Waals surface area contributed by atoms with Gasteiger partial charge in [-0.2, -0.15) is 0 Å². The Bertz CT molecular complexity index is 824. The summed E-state index contributed by atoms with van der Waals surface area (Å²) >= 11 is 0. The van der Waals surface area contributed by atoms with E-state index >= 15 is 0 Å². The summed E-state index contributed by atoms with van der Waals surface area (Å²) in [6.07, 6.45) is 2.22. The molecule has 0 aliphatic heterocycles. The van der Waals surface area contributed by atoms with Gasteiger partial charge in [0.05, 0.1) is 6.54 Å². The zero-order chi connectivity index (χ0) is 20.0. The number of hydrogen-bond acceptors (Lipinski definition) is 3. The number of rotatable bonds is 8. The molecule has 0 saturated heterocycles. The number of fused-ring (bicyclic) bond motifs is 1. The van der Waals surface area contributed by atoms with Gasteiger partial charge in [-0.3, -0.25) is 4.79 Å². The van der Waals surface area contributed by atoms with Crippen LogP contribution in [-0.2, 0) is 23.2 Å². The molecule has 6 nitrogen and oxygen atoms in total. The van der Waals surface area contributed by atoms with Gasteiger partial charge in [-0.05, 0) is 42.4 Å². The molecule has 0 heterocycles. The number of nitrogens with one attached hydrogen (secondary N) is 2. The zero-order valence-corrected chi connectivity index (χ0v) is 15.7. The number of aryl methyl sites for hydroxylation is 1. The van der Waals surface area contributed by atoms with Gasteiger partial charge in [-0.15, -0.1) is 0 Å². The summed E-state index contributed by atoms with van der Waals surface area (Å²) in [4.78, 5) is 23.4. The summed E-state index contributed by atoms with van der Waals surface area (Å²) in [6.45, 7) is 0.118. The molecule has 1 aliphatic rings. The average molecular weight is 382 g/mol. The molecule has 0 radical (unpaired) electrons. The van der Waals surface area contributed by atoms with Crippen molar-refractivity contribution in [3.05, 3.63) is 71.3 Å². The molecule has 2 amide bonds. The molecule has 2 aromatic carbocycles. The van der Waals surface area contributed by atoms with Crippen molar-refractivity contribution in [3.8, 4) is 0 Å². The molecule has 4 N–H and O–H groups in total. The van der Waals surface area contributed by atoms with Gasteiger partial charge in [0.2, 0.25) is 0 Å². The number of aliphatic hydroxyl groups is 1. The van der Waals surface area contributed by atoms with E-state index in [9.17, 15) is 14.7 Å². The molecule has 6 heteroatoms. The molecule has 0 aromatic heterocycles. The molecule has 0 spiro atoms. The van der Waals surface area contributed by atoms with Crippen molar-refractivity contribution < 1.29 is 19.8 Å². The van der Waals surface area contributed by atoms with Crippen LogP contribution in [0.5, 0.6) is 0 Å². The number of benzene rings is 2. The summed E-state index contributed by atoms with van der Waals surface area (Å²) < 4.78 is 0. The van der Waals surface area contributed by atoms with E-state index in [0.29, 0.717) is 19.3 Å². The number of carboxylic acid groups (broad SMARTS) is 1. The SMILES string of the molecule is O=C(O)CCC(Cc1ccccc1)NC(=O)NCC1(O)CCc2ccccc21. The number of carboxylic acids is 1. The van der Waals surface area contributed by atoms with Crippen LogP contribution in [0.1, 0.15) is 36.0 Å².